The number of rotatable bonds is 3. The zero-order valence-corrected chi connectivity index (χ0v) is 13.9. The van der Waals surface area contributed by atoms with Gasteiger partial charge in [0, 0.05) is 39.3 Å². The number of piperidine rings is 3. The minimum atomic E-state index is 0.672. The van der Waals surface area contributed by atoms with Gasteiger partial charge < -0.3 is 5.73 Å². The van der Waals surface area contributed by atoms with E-state index in [0.717, 1.165) is 39.3 Å². The Morgan fingerprint density at radius 1 is 0.636 bits per heavy atom. The third-order valence-electron chi connectivity index (χ3n) is 4.98. The van der Waals surface area contributed by atoms with Crippen LogP contribution in [0.25, 0.3) is 0 Å². The molecule has 3 heterocycles. The predicted molar refractivity (Wildman–Crippen MR) is 89.7 cm³/mol. The predicted octanol–water partition coefficient (Wildman–Crippen LogP) is 1.81. The molecule has 6 heteroatoms. The van der Waals surface area contributed by atoms with E-state index >= 15 is 0 Å². The van der Waals surface area contributed by atoms with E-state index in [1.165, 1.54) is 57.8 Å². The Morgan fingerprint density at radius 2 is 1.05 bits per heavy atom. The second-order valence-electron chi connectivity index (χ2n) is 6.79. The van der Waals surface area contributed by atoms with Gasteiger partial charge in [-0.05, 0) is 44.9 Å². The first kappa shape index (κ1) is 15.9. The Labute approximate surface area is 134 Å². The molecular formula is C16H32N6. The number of hydrogen-bond donors (Lipinski definition) is 1. The van der Waals surface area contributed by atoms with Crippen LogP contribution in [0.1, 0.15) is 57.8 Å². The van der Waals surface area contributed by atoms with E-state index in [0.29, 0.717) is 5.96 Å². The molecule has 0 atom stereocenters. The summed E-state index contributed by atoms with van der Waals surface area (Å²) in [7, 11) is 0. The molecule has 3 fully saturated rings. The zero-order chi connectivity index (χ0) is 15.2. The van der Waals surface area contributed by atoms with Gasteiger partial charge in [0.2, 0.25) is 5.96 Å². The monoisotopic (exact) mass is 308 g/mol. The average Bonchev–Trinajstić information content (AvgIpc) is 2.58. The van der Waals surface area contributed by atoms with Gasteiger partial charge in [0.15, 0.2) is 0 Å². The van der Waals surface area contributed by atoms with Crippen molar-refractivity contribution >= 4 is 5.96 Å². The number of guanidine groups is 1. The van der Waals surface area contributed by atoms with Crippen LogP contribution in [0.5, 0.6) is 0 Å². The van der Waals surface area contributed by atoms with Crippen LogP contribution in [-0.2, 0) is 0 Å². The number of nitrogens with two attached hydrogens (primary N) is 1. The molecule has 0 bridgehead atoms. The van der Waals surface area contributed by atoms with Crippen molar-refractivity contribution in [3.63, 3.8) is 0 Å². The maximum atomic E-state index is 6.46. The molecule has 0 spiro atoms. The van der Waals surface area contributed by atoms with Crippen molar-refractivity contribution in [1.29, 1.82) is 0 Å². The topological polar surface area (TPSA) is 51.3 Å². The normalized spacial score (nSPS) is 26.2. The lowest BCUT2D eigenvalue weighted by Crippen LogP contribution is -2.61. The summed E-state index contributed by atoms with van der Waals surface area (Å²) < 4.78 is 0. The smallest absolute Gasteiger partial charge is 0.243 e. The molecule has 2 N–H and O–H groups in total. The molecule has 0 unspecified atom stereocenters. The van der Waals surface area contributed by atoms with Crippen molar-refractivity contribution < 1.29 is 0 Å². The molecular weight excluding hydrogens is 276 g/mol. The molecule has 6 nitrogen and oxygen atoms in total. The highest BCUT2D eigenvalue weighted by atomic mass is 15.9. The Kier molecular flexibility index (Phi) is 5.78. The van der Waals surface area contributed by atoms with E-state index in [9.17, 15) is 0 Å². The van der Waals surface area contributed by atoms with E-state index in [1.807, 2.05) is 0 Å². The molecule has 22 heavy (non-hydrogen) atoms. The summed E-state index contributed by atoms with van der Waals surface area (Å²) in [6.07, 6.45) is 11.6. The second-order valence-corrected chi connectivity index (χ2v) is 6.79. The van der Waals surface area contributed by atoms with Gasteiger partial charge >= 0.3 is 0 Å². The van der Waals surface area contributed by atoms with Crippen LogP contribution in [0.2, 0.25) is 0 Å². The van der Waals surface area contributed by atoms with Crippen LogP contribution >= 0.6 is 0 Å². The van der Waals surface area contributed by atoms with E-state index < -0.39 is 0 Å². The Balaban J connectivity index is 1.71. The summed E-state index contributed by atoms with van der Waals surface area (Å²) in [6.45, 7) is 6.52. The molecule has 3 aliphatic heterocycles. The number of hydrazone groups is 1. The van der Waals surface area contributed by atoms with E-state index in [2.05, 4.69) is 20.1 Å². The lowest BCUT2D eigenvalue weighted by Gasteiger charge is -2.45. The third kappa shape index (κ3) is 4.04. The summed E-state index contributed by atoms with van der Waals surface area (Å²) in [6, 6.07) is 0. The van der Waals surface area contributed by atoms with E-state index in [4.69, 9.17) is 10.8 Å². The largest absolute Gasteiger partial charge is 0.366 e. The van der Waals surface area contributed by atoms with Gasteiger partial charge in [-0.3, -0.25) is 5.01 Å². The average molecular weight is 308 g/mol. The highest BCUT2D eigenvalue weighted by Crippen LogP contribution is 2.18. The van der Waals surface area contributed by atoms with Crippen LogP contribution in [0, 0.1) is 0 Å². The van der Waals surface area contributed by atoms with Gasteiger partial charge in [0.1, 0.15) is 0 Å². The molecule has 3 saturated heterocycles. The quantitative estimate of drug-likeness (QED) is 0.636. The van der Waals surface area contributed by atoms with Crippen molar-refractivity contribution in [2.24, 2.45) is 10.8 Å². The lowest BCUT2D eigenvalue weighted by atomic mass is 10.1. The molecule has 0 radical (unpaired) electrons. The second kappa shape index (κ2) is 8.02. The first-order valence-corrected chi connectivity index (χ1v) is 9.23. The molecule has 0 aromatic heterocycles. The standard InChI is InChI=1S/C16H32N6/c17-16(18-19-10-4-1-5-11-19)22(20-12-6-2-7-13-20)21-14-8-3-9-15-21/h1-15H2,(H2,17,18). The summed E-state index contributed by atoms with van der Waals surface area (Å²) in [5.74, 6) is 0.672. The maximum absolute atomic E-state index is 6.46. The van der Waals surface area contributed by atoms with Crippen molar-refractivity contribution in [1.82, 2.24) is 20.1 Å². The summed E-state index contributed by atoms with van der Waals surface area (Å²) in [5.41, 5.74) is 6.46. The van der Waals surface area contributed by atoms with Crippen LogP contribution in [0.3, 0.4) is 0 Å². The third-order valence-corrected chi connectivity index (χ3v) is 4.98. The Hall–Kier alpha value is -1.01. The molecule has 0 aromatic carbocycles. The molecule has 3 rings (SSSR count). The van der Waals surface area contributed by atoms with E-state index in [1.54, 1.807) is 0 Å². The van der Waals surface area contributed by atoms with Crippen LogP contribution in [0.15, 0.2) is 5.10 Å². The fourth-order valence-corrected chi connectivity index (χ4v) is 3.76. The minimum Gasteiger partial charge on any atom is -0.366 e. The molecule has 0 aliphatic carbocycles. The van der Waals surface area contributed by atoms with Crippen molar-refractivity contribution in [3.05, 3.63) is 0 Å². The number of nitrogens with zero attached hydrogens (tertiary/aromatic N) is 5. The summed E-state index contributed by atoms with van der Waals surface area (Å²) >= 11 is 0. The summed E-state index contributed by atoms with van der Waals surface area (Å²) in [5, 5.41) is 14.0. The molecule has 3 aliphatic rings. The lowest BCUT2D eigenvalue weighted by molar-refractivity contribution is -0.142. The van der Waals surface area contributed by atoms with Gasteiger partial charge in [-0.15, -0.1) is 5.10 Å². The van der Waals surface area contributed by atoms with Gasteiger partial charge in [0.25, 0.3) is 0 Å². The molecule has 0 amide bonds. The van der Waals surface area contributed by atoms with Crippen molar-refractivity contribution in [2.45, 2.75) is 57.8 Å². The molecule has 126 valence electrons. The first-order chi connectivity index (χ1) is 10.8. The van der Waals surface area contributed by atoms with Gasteiger partial charge in [-0.25, -0.2) is 15.1 Å². The summed E-state index contributed by atoms with van der Waals surface area (Å²) in [4.78, 5) is 0. The van der Waals surface area contributed by atoms with Gasteiger partial charge in [-0.1, -0.05) is 12.8 Å². The maximum Gasteiger partial charge on any atom is 0.243 e. The minimum absolute atomic E-state index is 0.672. The van der Waals surface area contributed by atoms with Gasteiger partial charge in [-0.2, -0.15) is 0 Å². The fraction of sp³-hybridized carbons (Fsp3) is 0.938. The first-order valence-electron chi connectivity index (χ1n) is 9.23. The van der Waals surface area contributed by atoms with Crippen molar-refractivity contribution in [3.8, 4) is 0 Å². The fourth-order valence-electron chi connectivity index (χ4n) is 3.76. The van der Waals surface area contributed by atoms with Gasteiger partial charge in [0.05, 0.1) is 0 Å². The number of hydrogen-bond acceptors (Lipinski definition) is 4. The Morgan fingerprint density at radius 3 is 1.50 bits per heavy atom. The van der Waals surface area contributed by atoms with Crippen LogP contribution in [-0.4, -0.2) is 65.4 Å². The highest BCUT2D eigenvalue weighted by molar-refractivity contribution is 5.76. The SMILES string of the molecule is NC(=NN1CCCCC1)N(N1CCCCC1)N1CCCCC1. The zero-order valence-electron chi connectivity index (χ0n) is 13.9. The van der Waals surface area contributed by atoms with Crippen LogP contribution < -0.4 is 5.73 Å². The Bertz CT molecular complexity index is 336. The van der Waals surface area contributed by atoms with Crippen molar-refractivity contribution in [2.75, 3.05) is 39.3 Å². The molecule has 0 aromatic rings. The van der Waals surface area contributed by atoms with E-state index in [-0.39, 0.29) is 0 Å². The van der Waals surface area contributed by atoms with Crippen LogP contribution in [0.4, 0.5) is 0 Å². The highest BCUT2D eigenvalue weighted by Gasteiger charge is 2.28. The number of hydrazine groups is 2. The molecule has 0 saturated carbocycles.